The van der Waals surface area contributed by atoms with Crippen LogP contribution in [0.5, 0.6) is 5.75 Å². The average Bonchev–Trinajstić information content (AvgIpc) is 2.20. The second-order valence-corrected chi connectivity index (χ2v) is 3.60. The van der Waals surface area contributed by atoms with Crippen molar-refractivity contribution in [3.63, 3.8) is 0 Å². The Hall–Kier alpha value is -1.11. The fourth-order valence-electron chi connectivity index (χ4n) is 1.29. The Balaban J connectivity index is 3.28. The van der Waals surface area contributed by atoms with Gasteiger partial charge in [-0.2, -0.15) is 8.42 Å². The second-order valence-electron chi connectivity index (χ2n) is 2.97. The Morgan fingerprint density at radius 3 is 2.20 bits per heavy atom. The molecule has 1 aromatic rings. The van der Waals surface area contributed by atoms with Gasteiger partial charge < -0.3 is 14.4 Å². The summed E-state index contributed by atoms with van der Waals surface area (Å²) in [4.78, 5) is 0. The molecule has 0 aliphatic rings. The SMILES string of the molecule is Cc1c(CO)ccc(CO)c1O[SH](=O)=O. The van der Waals surface area contributed by atoms with Crippen molar-refractivity contribution in [2.24, 2.45) is 0 Å². The number of rotatable bonds is 4. The first kappa shape index (κ1) is 12.0. The molecule has 1 aromatic carbocycles. The van der Waals surface area contributed by atoms with E-state index in [0.717, 1.165) is 0 Å². The maximum atomic E-state index is 10.5. The van der Waals surface area contributed by atoms with E-state index >= 15 is 0 Å². The van der Waals surface area contributed by atoms with Crippen molar-refractivity contribution in [3.8, 4) is 5.75 Å². The minimum Gasteiger partial charge on any atom is -0.392 e. The lowest BCUT2D eigenvalue weighted by atomic mass is 10.0. The molecule has 0 aromatic heterocycles. The van der Waals surface area contributed by atoms with Crippen LogP contribution in [0.2, 0.25) is 0 Å². The van der Waals surface area contributed by atoms with E-state index < -0.39 is 11.0 Å². The van der Waals surface area contributed by atoms with E-state index in [0.29, 0.717) is 16.7 Å². The Labute approximate surface area is 89.1 Å². The summed E-state index contributed by atoms with van der Waals surface area (Å²) in [5.41, 5.74) is 1.46. The third-order valence-corrected chi connectivity index (χ3v) is 2.44. The van der Waals surface area contributed by atoms with Crippen LogP contribution in [0.3, 0.4) is 0 Å². The Morgan fingerprint density at radius 2 is 1.73 bits per heavy atom. The predicted octanol–water partition coefficient (Wildman–Crippen LogP) is -0.115. The first-order valence-electron chi connectivity index (χ1n) is 4.25. The van der Waals surface area contributed by atoms with Crippen molar-refractivity contribution in [3.05, 3.63) is 28.8 Å². The van der Waals surface area contributed by atoms with Crippen LogP contribution in [-0.2, 0) is 24.2 Å². The summed E-state index contributed by atoms with van der Waals surface area (Å²) in [5, 5.41) is 18.0. The normalized spacial score (nSPS) is 10.7. The highest BCUT2D eigenvalue weighted by molar-refractivity contribution is 7.67. The molecule has 0 spiro atoms. The molecule has 0 atom stereocenters. The first-order chi connectivity index (χ1) is 7.10. The zero-order chi connectivity index (χ0) is 11.4. The lowest BCUT2D eigenvalue weighted by molar-refractivity contribution is 0.274. The Kier molecular flexibility index (Phi) is 4.07. The smallest absolute Gasteiger partial charge is 0.299 e. The highest BCUT2D eigenvalue weighted by Gasteiger charge is 2.11. The number of thiol groups is 1. The van der Waals surface area contributed by atoms with Crippen molar-refractivity contribution in [2.75, 3.05) is 0 Å². The molecule has 0 heterocycles. The maximum absolute atomic E-state index is 10.5. The van der Waals surface area contributed by atoms with Crippen molar-refractivity contribution in [2.45, 2.75) is 20.1 Å². The molecule has 0 bridgehead atoms. The third-order valence-electron chi connectivity index (χ3n) is 2.11. The molecule has 0 aliphatic carbocycles. The number of aliphatic hydroxyl groups excluding tert-OH is 2. The third kappa shape index (κ3) is 2.68. The molecule has 0 saturated carbocycles. The van der Waals surface area contributed by atoms with E-state index in [1.54, 1.807) is 13.0 Å². The number of aliphatic hydroxyl groups is 2. The molecule has 6 heteroatoms. The van der Waals surface area contributed by atoms with Gasteiger partial charge in [-0.25, -0.2) is 0 Å². The van der Waals surface area contributed by atoms with Gasteiger partial charge in [-0.3, -0.25) is 0 Å². The molecule has 0 radical (unpaired) electrons. The van der Waals surface area contributed by atoms with Gasteiger partial charge in [-0.15, -0.1) is 0 Å². The molecule has 0 unspecified atom stereocenters. The monoisotopic (exact) mass is 232 g/mol. The molecule has 2 N–H and O–H groups in total. The van der Waals surface area contributed by atoms with Gasteiger partial charge in [-0.1, -0.05) is 12.1 Å². The van der Waals surface area contributed by atoms with Gasteiger partial charge in [0.15, 0.2) is 5.75 Å². The molecule has 0 aliphatic heterocycles. The van der Waals surface area contributed by atoms with Gasteiger partial charge in [0.1, 0.15) is 0 Å². The molecule has 15 heavy (non-hydrogen) atoms. The van der Waals surface area contributed by atoms with Gasteiger partial charge in [0.05, 0.1) is 13.2 Å². The van der Waals surface area contributed by atoms with E-state index in [2.05, 4.69) is 4.18 Å². The van der Waals surface area contributed by atoms with Crippen LogP contribution < -0.4 is 4.18 Å². The summed E-state index contributed by atoms with van der Waals surface area (Å²) in [5.74, 6) is 0.0974. The summed E-state index contributed by atoms with van der Waals surface area (Å²) in [7, 11) is -3.03. The lowest BCUT2D eigenvalue weighted by Gasteiger charge is -2.11. The lowest BCUT2D eigenvalue weighted by Crippen LogP contribution is -2.01. The Bertz CT molecular complexity index is 417. The predicted molar refractivity (Wildman–Crippen MR) is 54.0 cm³/mol. The average molecular weight is 232 g/mol. The summed E-state index contributed by atoms with van der Waals surface area (Å²) >= 11 is 0. The fourth-order valence-corrected chi connectivity index (χ4v) is 1.69. The molecular formula is C9H12O5S. The van der Waals surface area contributed by atoms with Crippen LogP contribution in [0, 0.1) is 6.92 Å². The van der Waals surface area contributed by atoms with Crippen LogP contribution in [0.15, 0.2) is 12.1 Å². The minimum absolute atomic E-state index is 0.0974. The van der Waals surface area contributed by atoms with E-state index in [1.165, 1.54) is 6.07 Å². The summed E-state index contributed by atoms with van der Waals surface area (Å²) in [6.45, 7) is 1.10. The maximum Gasteiger partial charge on any atom is 0.299 e. The highest BCUT2D eigenvalue weighted by Crippen LogP contribution is 2.27. The van der Waals surface area contributed by atoms with Crippen molar-refractivity contribution in [1.82, 2.24) is 0 Å². The second kappa shape index (κ2) is 5.11. The molecule has 1 rings (SSSR count). The summed E-state index contributed by atoms with van der Waals surface area (Å²) < 4.78 is 25.5. The van der Waals surface area contributed by atoms with E-state index in [1.807, 2.05) is 0 Å². The standard InChI is InChI=1S/C9H12O5S/c1-6-7(4-10)2-3-8(5-11)9(6)14-15(12)13/h2-3,10-11,15H,4-5H2,1H3. The van der Waals surface area contributed by atoms with Crippen LogP contribution >= 0.6 is 0 Å². The number of hydrogen-bond donors (Lipinski definition) is 3. The summed E-state index contributed by atoms with van der Waals surface area (Å²) in [6.07, 6.45) is 0. The van der Waals surface area contributed by atoms with Gasteiger partial charge in [-0.05, 0) is 18.1 Å². The number of hydrogen-bond acceptors (Lipinski definition) is 5. The number of benzene rings is 1. The van der Waals surface area contributed by atoms with Crippen molar-refractivity contribution in [1.29, 1.82) is 0 Å². The quantitative estimate of drug-likeness (QED) is 0.631. The molecule has 0 saturated heterocycles. The Morgan fingerprint density at radius 1 is 1.20 bits per heavy atom. The minimum atomic E-state index is -3.03. The van der Waals surface area contributed by atoms with E-state index in [-0.39, 0.29) is 19.0 Å². The molecule has 0 fully saturated rings. The van der Waals surface area contributed by atoms with E-state index in [9.17, 15) is 8.42 Å². The topological polar surface area (TPSA) is 83.8 Å². The van der Waals surface area contributed by atoms with Gasteiger partial charge in [0.2, 0.25) is 0 Å². The van der Waals surface area contributed by atoms with Gasteiger partial charge >= 0.3 is 0 Å². The van der Waals surface area contributed by atoms with Crippen LogP contribution in [0.25, 0.3) is 0 Å². The van der Waals surface area contributed by atoms with Crippen molar-refractivity contribution >= 4 is 11.0 Å². The van der Waals surface area contributed by atoms with Crippen LogP contribution in [0.1, 0.15) is 16.7 Å². The zero-order valence-electron chi connectivity index (χ0n) is 8.14. The molecule has 5 nitrogen and oxygen atoms in total. The fraction of sp³-hybridized carbons (Fsp3) is 0.333. The molecular weight excluding hydrogens is 220 g/mol. The summed E-state index contributed by atoms with van der Waals surface area (Å²) in [6, 6.07) is 3.14. The molecule has 84 valence electrons. The van der Waals surface area contributed by atoms with E-state index in [4.69, 9.17) is 10.2 Å². The van der Waals surface area contributed by atoms with Gasteiger partial charge in [0.25, 0.3) is 11.0 Å². The largest absolute Gasteiger partial charge is 0.392 e. The molecule has 0 amide bonds. The van der Waals surface area contributed by atoms with Crippen molar-refractivity contribution < 1.29 is 22.8 Å². The zero-order valence-corrected chi connectivity index (χ0v) is 9.03. The highest BCUT2D eigenvalue weighted by atomic mass is 32.2. The van der Waals surface area contributed by atoms with Crippen LogP contribution in [-0.4, -0.2) is 18.6 Å². The van der Waals surface area contributed by atoms with Gasteiger partial charge in [0, 0.05) is 5.56 Å². The van der Waals surface area contributed by atoms with Crippen LogP contribution in [0.4, 0.5) is 0 Å². The first-order valence-corrected chi connectivity index (χ1v) is 5.35.